The number of carbonyl (C=O) groups is 1. The first-order valence-electron chi connectivity index (χ1n) is 12.3. The number of amides is 1. The molecule has 2 aliphatic carbocycles. The van der Waals surface area contributed by atoms with Gasteiger partial charge in [0.2, 0.25) is 0 Å². The number of sulfone groups is 1. The van der Waals surface area contributed by atoms with Gasteiger partial charge in [-0.05, 0) is 89.8 Å². The summed E-state index contributed by atoms with van der Waals surface area (Å²) in [5.41, 5.74) is -1.98. The maximum Gasteiger partial charge on any atom is 0.255 e. The van der Waals surface area contributed by atoms with Gasteiger partial charge in [0.05, 0.1) is 15.2 Å². The first kappa shape index (κ1) is 29.0. The molecule has 13 heteroatoms. The fourth-order valence-electron chi connectivity index (χ4n) is 5.95. The van der Waals surface area contributed by atoms with E-state index < -0.39 is 62.0 Å². The van der Waals surface area contributed by atoms with Crippen LogP contribution >= 0.6 is 27.5 Å². The van der Waals surface area contributed by atoms with Crippen molar-refractivity contribution in [3.8, 4) is 0 Å². The van der Waals surface area contributed by atoms with E-state index in [9.17, 15) is 36.6 Å². The second kappa shape index (κ2) is 10.7. The second-order valence-corrected chi connectivity index (χ2v) is 13.5. The zero-order chi connectivity index (χ0) is 29.0. The zero-order valence-electron chi connectivity index (χ0n) is 20.6. The van der Waals surface area contributed by atoms with Crippen LogP contribution in [0.25, 0.3) is 0 Å². The van der Waals surface area contributed by atoms with Crippen molar-refractivity contribution in [2.45, 2.75) is 47.5 Å². The van der Waals surface area contributed by atoms with Crippen molar-refractivity contribution in [1.82, 2.24) is 4.98 Å². The first-order chi connectivity index (χ1) is 18.8. The van der Waals surface area contributed by atoms with E-state index in [2.05, 4.69) is 26.2 Å². The van der Waals surface area contributed by atoms with Gasteiger partial charge in [-0.3, -0.25) is 4.79 Å². The van der Waals surface area contributed by atoms with Crippen molar-refractivity contribution < 1.29 is 36.6 Å². The van der Waals surface area contributed by atoms with E-state index in [1.807, 2.05) is 0 Å². The lowest BCUT2D eigenvalue weighted by molar-refractivity contribution is -0.145. The number of fused-ring (bicyclic) bond motifs is 2. The number of pyridine rings is 1. The van der Waals surface area contributed by atoms with Crippen LogP contribution in [0, 0.1) is 29.3 Å². The summed E-state index contributed by atoms with van der Waals surface area (Å²) >= 11 is 9.25. The largest absolute Gasteiger partial charge is 0.386 e. The lowest BCUT2D eigenvalue weighted by atomic mass is 9.69. The van der Waals surface area contributed by atoms with Gasteiger partial charge in [0.1, 0.15) is 16.3 Å². The molecule has 2 saturated carbocycles. The average molecular weight is 660 g/mol. The van der Waals surface area contributed by atoms with Gasteiger partial charge in [-0.2, -0.15) is 0 Å². The van der Waals surface area contributed by atoms with Gasteiger partial charge in [0, 0.05) is 29.1 Å². The number of aliphatic hydroxyl groups is 2. The minimum atomic E-state index is -4.12. The van der Waals surface area contributed by atoms with Crippen molar-refractivity contribution >= 4 is 49.0 Å². The molecule has 3 aromatic rings. The summed E-state index contributed by atoms with van der Waals surface area (Å²) in [6.07, 6.45) is 0.541. The number of carbonyl (C=O) groups excluding carboxylic acids is 1. The number of anilines is 1. The fourth-order valence-corrected chi connectivity index (χ4v) is 8.70. The van der Waals surface area contributed by atoms with E-state index in [-0.39, 0.29) is 44.2 Å². The van der Waals surface area contributed by atoms with Crippen LogP contribution in [0.5, 0.6) is 0 Å². The van der Waals surface area contributed by atoms with Gasteiger partial charge in [0.15, 0.2) is 27.3 Å². The Labute approximate surface area is 241 Å². The predicted molar refractivity (Wildman–Crippen MR) is 144 cm³/mol. The van der Waals surface area contributed by atoms with Crippen molar-refractivity contribution in [3.05, 3.63) is 86.9 Å². The molecule has 0 spiro atoms. The monoisotopic (exact) mass is 658 g/mol. The van der Waals surface area contributed by atoms with Crippen LogP contribution in [-0.2, 0) is 9.84 Å². The van der Waals surface area contributed by atoms with Gasteiger partial charge in [0.25, 0.3) is 5.91 Å². The quantitative estimate of drug-likeness (QED) is 0.297. The SMILES string of the molecule is O=C(Nc1ccc(F)c(F)c1)c1ccc(Cl)c(S(=O)(=O)[C@@H]2C[C@H]3CC[C@@H](C2)[C@@]3(O)C(O)c2ccnc(Br)c2F)c1. The number of halogens is 5. The summed E-state index contributed by atoms with van der Waals surface area (Å²) in [7, 11) is -4.12. The van der Waals surface area contributed by atoms with Crippen molar-refractivity contribution in [1.29, 1.82) is 0 Å². The molecule has 5 atom stereocenters. The lowest BCUT2D eigenvalue weighted by Gasteiger charge is -2.45. The Morgan fingerprint density at radius 3 is 2.40 bits per heavy atom. The summed E-state index contributed by atoms with van der Waals surface area (Å²) in [4.78, 5) is 16.3. The molecule has 2 bridgehead atoms. The molecule has 1 heterocycles. The minimum absolute atomic E-state index is 0.0120. The molecule has 1 amide bonds. The van der Waals surface area contributed by atoms with E-state index in [4.69, 9.17) is 11.6 Å². The number of hydrogen-bond donors (Lipinski definition) is 3. The van der Waals surface area contributed by atoms with Crippen LogP contribution in [0.3, 0.4) is 0 Å². The molecule has 1 aromatic heterocycles. The standard InChI is InChI=1S/C27H23BrClF3N2O5S/c28-25-23(32)18(7-8-33-25)24(35)27(37)14-2-3-15(27)11-17(10-14)40(38,39)22-9-13(1-5-19(22)29)26(36)34-16-4-6-20(30)21(31)12-16/h1,4-9,12,14-15,17,24,35,37H,2-3,10-11H2,(H,34,36)/t14-,15+,17-,24?,27-. The Morgan fingerprint density at radius 1 is 1.07 bits per heavy atom. The highest BCUT2D eigenvalue weighted by Crippen LogP contribution is 2.57. The van der Waals surface area contributed by atoms with E-state index in [1.165, 1.54) is 24.4 Å². The number of nitrogens with zero attached hydrogens (tertiary/aromatic N) is 1. The predicted octanol–water partition coefficient (Wildman–Crippen LogP) is 5.59. The molecule has 7 nitrogen and oxygen atoms in total. The van der Waals surface area contributed by atoms with Gasteiger partial charge in [-0.15, -0.1) is 0 Å². The third-order valence-electron chi connectivity index (χ3n) is 7.99. The number of benzene rings is 2. The average Bonchev–Trinajstić information content (AvgIpc) is 3.07. The molecular formula is C27H23BrClF3N2O5S. The summed E-state index contributed by atoms with van der Waals surface area (Å²) in [5.74, 6) is -5.10. The van der Waals surface area contributed by atoms with Gasteiger partial charge >= 0.3 is 0 Å². The van der Waals surface area contributed by atoms with Crippen molar-refractivity contribution in [2.24, 2.45) is 11.8 Å². The Balaban J connectivity index is 1.40. The summed E-state index contributed by atoms with van der Waals surface area (Å²) in [6, 6.07) is 7.77. The number of nitrogens with one attached hydrogen (secondary N) is 1. The highest BCUT2D eigenvalue weighted by atomic mass is 79.9. The van der Waals surface area contributed by atoms with Crippen LogP contribution in [0.1, 0.15) is 47.7 Å². The fraction of sp³-hybridized carbons (Fsp3) is 0.333. The molecule has 0 saturated heterocycles. The summed E-state index contributed by atoms with van der Waals surface area (Å²) < 4.78 is 68.9. The highest BCUT2D eigenvalue weighted by Gasteiger charge is 2.59. The highest BCUT2D eigenvalue weighted by molar-refractivity contribution is 9.10. The molecule has 5 rings (SSSR count). The molecule has 3 N–H and O–H groups in total. The third kappa shape index (κ3) is 4.94. The maximum atomic E-state index is 14.7. The maximum absolute atomic E-state index is 14.7. The molecule has 40 heavy (non-hydrogen) atoms. The molecule has 1 unspecified atom stereocenters. The zero-order valence-corrected chi connectivity index (χ0v) is 23.8. The van der Waals surface area contributed by atoms with Gasteiger partial charge in [-0.1, -0.05) is 11.6 Å². The third-order valence-corrected chi connectivity index (χ3v) is 11.2. The molecule has 212 valence electrons. The second-order valence-electron chi connectivity index (χ2n) is 10.1. The normalized spacial score (nSPS) is 25.0. The first-order valence-corrected chi connectivity index (χ1v) is 15.1. The Kier molecular flexibility index (Phi) is 7.77. The number of aliphatic hydroxyl groups excluding tert-OH is 1. The van der Waals surface area contributed by atoms with Crippen LogP contribution in [0.15, 0.2) is 58.2 Å². The number of hydrogen-bond acceptors (Lipinski definition) is 6. The Morgan fingerprint density at radius 2 is 1.75 bits per heavy atom. The molecule has 2 aliphatic rings. The summed E-state index contributed by atoms with van der Waals surface area (Å²) in [5, 5.41) is 24.0. The van der Waals surface area contributed by atoms with E-state index in [1.54, 1.807) is 0 Å². The molecule has 0 aliphatic heterocycles. The van der Waals surface area contributed by atoms with Crippen molar-refractivity contribution in [2.75, 3.05) is 5.32 Å². The number of rotatable bonds is 6. The van der Waals surface area contributed by atoms with Crippen LogP contribution in [0.4, 0.5) is 18.9 Å². The molecule has 0 radical (unpaired) electrons. The Hall–Kier alpha value is -2.51. The lowest BCUT2D eigenvalue weighted by Crippen LogP contribution is -2.52. The Bertz CT molecular complexity index is 1590. The number of aromatic nitrogens is 1. The van der Waals surface area contributed by atoms with Gasteiger partial charge in [-0.25, -0.2) is 26.6 Å². The van der Waals surface area contributed by atoms with E-state index >= 15 is 0 Å². The smallest absolute Gasteiger partial charge is 0.255 e. The molecular weight excluding hydrogens is 637 g/mol. The van der Waals surface area contributed by atoms with Crippen LogP contribution < -0.4 is 5.32 Å². The molecule has 2 fully saturated rings. The van der Waals surface area contributed by atoms with Crippen LogP contribution in [0.2, 0.25) is 5.02 Å². The van der Waals surface area contributed by atoms with Crippen molar-refractivity contribution in [3.63, 3.8) is 0 Å². The minimum Gasteiger partial charge on any atom is -0.386 e. The molecule has 2 aromatic carbocycles. The van der Waals surface area contributed by atoms with E-state index in [0.717, 1.165) is 24.3 Å². The van der Waals surface area contributed by atoms with Crippen LogP contribution in [-0.4, -0.2) is 40.4 Å². The van der Waals surface area contributed by atoms with E-state index in [0.29, 0.717) is 12.8 Å². The van der Waals surface area contributed by atoms with Gasteiger partial charge < -0.3 is 15.5 Å². The topological polar surface area (TPSA) is 117 Å². The summed E-state index contributed by atoms with van der Waals surface area (Å²) in [6.45, 7) is 0.